The van der Waals surface area contributed by atoms with Crippen LogP contribution in [0.2, 0.25) is 0 Å². The lowest BCUT2D eigenvalue weighted by Gasteiger charge is -2.38. The van der Waals surface area contributed by atoms with Crippen molar-refractivity contribution in [2.45, 2.75) is 44.8 Å². The zero-order chi connectivity index (χ0) is 13.6. The number of halogens is 1. The van der Waals surface area contributed by atoms with Gasteiger partial charge in [0.15, 0.2) is 0 Å². The van der Waals surface area contributed by atoms with Gasteiger partial charge in [-0.3, -0.25) is 0 Å². The second-order valence-corrected chi connectivity index (χ2v) is 5.89. The maximum absolute atomic E-state index is 5.82. The smallest absolute Gasteiger partial charge is 0.0828 e. The van der Waals surface area contributed by atoms with E-state index in [0.29, 0.717) is 6.04 Å². The standard InChI is InChI=1S/C15H24INO/c1-5-15(6-2,18-4)14(17-3)11-12-7-9-13(16)10-8-12/h7-10,14,17H,5-6,11H2,1-4H3. The van der Waals surface area contributed by atoms with Crippen molar-refractivity contribution < 1.29 is 4.74 Å². The van der Waals surface area contributed by atoms with Gasteiger partial charge in [0.1, 0.15) is 0 Å². The number of likely N-dealkylation sites (N-methyl/N-ethyl adjacent to an activating group) is 1. The predicted molar refractivity (Wildman–Crippen MR) is 86.0 cm³/mol. The molecule has 0 aromatic heterocycles. The van der Waals surface area contributed by atoms with Gasteiger partial charge in [-0.15, -0.1) is 0 Å². The molecule has 1 aromatic rings. The van der Waals surface area contributed by atoms with Crippen molar-refractivity contribution in [2.24, 2.45) is 0 Å². The molecule has 0 bridgehead atoms. The first kappa shape index (κ1) is 15.9. The van der Waals surface area contributed by atoms with Crippen molar-refractivity contribution in [1.29, 1.82) is 0 Å². The van der Waals surface area contributed by atoms with Crippen LogP contribution in [0.3, 0.4) is 0 Å². The zero-order valence-corrected chi connectivity index (χ0v) is 14.0. The van der Waals surface area contributed by atoms with Crippen LogP contribution in [0.4, 0.5) is 0 Å². The average molecular weight is 361 g/mol. The number of ether oxygens (including phenoxy) is 1. The van der Waals surface area contributed by atoms with Gasteiger partial charge in [-0.05, 0) is 66.6 Å². The van der Waals surface area contributed by atoms with Crippen LogP contribution in [-0.2, 0) is 11.2 Å². The molecule has 0 radical (unpaired) electrons. The molecule has 1 aromatic carbocycles. The molecule has 0 aliphatic heterocycles. The molecule has 3 heteroatoms. The second-order valence-electron chi connectivity index (χ2n) is 4.65. The molecular weight excluding hydrogens is 337 g/mol. The summed E-state index contributed by atoms with van der Waals surface area (Å²) in [5.74, 6) is 0. The van der Waals surface area contributed by atoms with Crippen molar-refractivity contribution in [2.75, 3.05) is 14.2 Å². The van der Waals surface area contributed by atoms with Crippen molar-refractivity contribution in [3.63, 3.8) is 0 Å². The van der Waals surface area contributed by atoms with Crippen LogP contribution in [-0.4, -0.2) is 25.8 Å². The van der Waals surface area contributed by atoms with Gasteiger partial charge in [-0.1, -0.05) is 26.0 Å². The van der Waals surface area contributed by atoms with Crippen LogP contribution in [0, 0.1) is 3.57 Å². The quantitative estimate of drug-likeness (QED) is 0.749. The van der Waals surface area contributed by atoms with Crippen LogP contribution in [0.1, 0.15) is 32.3 Å². The minimum absolute atomic E-state index is 0.0717. The van der Waals surface area contributed by atoms with Crippen molar-refractivity contribution in [1.82, 2.24) is 5.32 Å². The van der Waals surface area contributed by atoms with Gasteiger partial charge in [0.25, 0.3) is 0 Å². The molecule has 0 saturated carbocycles. The lowest BCUT2D eigenvalue weighted by molar-refractivity contribution is -0.0454. The Morgan fingerprint density at radius 2 is 1.78 bits per heavy atom. The number of methoxy groups -OCH3 is 1. The minimum atomic E-state index is -0.0717. The van der Waals surface area contributed by atoms with E-state index in [-0.39, 0.29) is 5.60 Å². The molecule has 0 amide bonds. The Balaban J connectivity index is 2.86. The molecule has 2 nitrogen and oxygen atoms in total. The molecule has 0 saturated heterocycles. The summed E-state index contributed by atoms with van der Waals surface area (Å²) in [4.78, 5) is 0. The molecule has 0 aliphatic rings. The third-order valence-electron chi connectivity index (χ3n) is 3.94. The van der Waals surface area contributed by atoms with Gasteiger partial charge in [-0.2, -0.15) is 0 Å². The maximum Gasteiger partial charge on any atom is 0.0828 e. The highest BCUT2D eigenvalue weighted by Crippen LogP contribution is 2.26. The van der Waals surface area contributed by atoms with Crippen LogP contribution in [0.15, 0.2) is 24.3 Å². The summed E-state index contributed by atoms with van der Waals surface area (Å²) in [6.45, 7) is 4.40. The molecular formula is C15H24INO. The van der Waals surface area contributed by atoms with E-state index in [9.17, 15) is 0 Å². The molecule has 1 rings (SSSR count). The van der Waals surface area contributed by atoms with Gasteiger partial charge in [0.2, 0.25) is 0 Å². The Kier molecular flexibility index (Phi) is 6.60. The lowest BCUT2D eigenvalue weighted by atomic mass is 9.84. The van der Waals surface area contributed by atoms with Gasteiger partial charge in [0, 0.05) is 16.7 Å². The third kappa shape index (κ3) is 3.68. The fourth-order valence-corrected chi connectivity index (χ4v) is 2.94. The maximum atomic E-state index is 5.82. The molecule has 1 unspecified atom stereocenters. The fourth-order valence-electron chi connectivity index (χ4n) is 2.58. The number of hydrogen-bond acceptors (Lipinski definition) is 2. The molecule has 102 valence electrons. The highest BCUT2D eigenvalue weighted by atomic mass is 127. The molecule has 18 heavy (non-hydrogen) atoms. The van der Waals surface area contributed by atoms with E-state index in [0.717, 1.165) is 19.3 Å². The Hall–Kier alpha value is -0.130. The normalized spacial score (nSPS) is 13.6. The zero-order valence-electron chi connectivity index (χ0n) is 11.8. The predicted octanol–water partition coefficient (Wildman–Crippen LogP) is 3.63. The molecule has 1 atom stereocenters. The van der Waals surface area contributed by atoms with E-state index >= 15 is 0 Å². The summed E-state index contributed by atoms with van der Waals surface area (Å²) in [6.07, 6.45) is 3.05. The Labute approximate surface area is 125 Å². The largest absolute Gasteiger partial charge is 0.377 e. The Morgan fingerprint density at radius 3 is 2.17 bits per heavy atom. The van der Waals surface area contributed by atoms with Crippen molar-refractivity contribution in [3.05, 3.63) is 33.4 Å². The SMILES string of the molecule is CCC(CC)(OC)C(Cc1ccc(I)cc1)NC. The van der Waals surface area contributed by atoms with Crippen LogP contribution in [0.25, 0.3) is 0 Å². The van der Waals surface area contributed by atoms with E-state index in [1.807, 2.05) is 14.2 Å². The van der Waals surface area contributed by atoms with Crippen molar-refractivity contribution in [3.8, 4) is 0 Å². The molecule has 0 fully saturated rings. The average Bonchev–Trinajstić information content (AvgIpc) is 2.42. The van der Waals surface area contributed by atoms with Crippen LogP contribution in [0.5, 0.6) is 0 Å². The summed E-state index contributed by atoms with van der Waals surface area (Å²) in [5.41, 5.74) is 1.29. The summed E-state index contributed by atoms with van der Waals surface area (Å²) >= 11 is 2.34. The molecule has 0 spiro atoms. The number of rotatable bonds is 7. The van der Waals surface area contributed by atoms with E-state index in [1.54, 1.807) is 0 Å². The summed E-state index contributed by atoms with van der Waals surface area (Å²) in [7, 11) is 3.85. The van der Waals surface area contributed by atoms with Crippen LogP contribution >= 0.6 is 22.6 Å². The molecule has 1 N–H and O–H groups in total. The fraction of sp³-hybridized carbons (Fsp3) is 0.600. The van der Waals surface area contributed by atoms with E-state index in [2.05, 4.69) is 66.0 Å². The van der Waals surface area contributed by atoms with Gasteiger partial charge >= 0.3 is 0 Å². The number of hydrogen-bond donors (Lipinski definition) is 1. The molecule has 0 aliphatic carbocycles. The minimum Gasteiger partial charge on any atom is -0.377 e. The number of benzene rings is 1. The Morgan fingerprint density at radius 1 is 1.22 bits per heavy atom. The van der Waals surface area contributed by atoms with E-state index in [4.69, 9.17) is 4.74 Å². The second kappa shape index (κ2) is 7.46. The van der Waals surface area contributed by atoms with Gasteiger partial charge < -0.3 is 10.1 Å². The molecule has 0 heterocycles. The first-order valence-electron chi connectivity index (χ1n) is 6.58. The summed E-state index contributed by atoms with van der Waals surface area (Å²) in [6, 6.07) is 9.08. The first-order chi connectivity index (χ1) is 8.61. The van der Waals surface area contributed by atoms with E-state index in [1.165, 1.54) is 9.13 Å². The highest BCUT2D eigenvalue weighted by Gasteiger charge is 2.34. The lowest BCUT2D eigenvalue weighted by Crippen LogP contribution is -2.51. The highest BCUT2D eigenvalue weighted by molar-refractivity contribution is 14.1. The van der Waals surface area contributed by atoms with E-state index < -0.39 is 0 Å². The topological polar surface area (TPSA) is 21.3 Å². The van der Waals surface area contributed by atoms with Crippen molar-refractivity contribution >= 4 is 22.6 Å². The number of nitrogens with one attached hydrogen (secondary N) is 1. The van der Waals surface area contributed by atoms with Crippen LogP contribution < -0.4 is 5.32 Å². The third-order valence-corrected chi connectivity index (χ3v) is 4.66. The first-order valence-corrected chi connectivity index (χ1v) is 7.66. The van der Waals surface area contributed by atoms with Gasteiger partial charge in [0.05, 0.1) is 5.60 Å². The summed E-state index contributed by atoms with van der Waals surface area (Å²) < 4.78 is 7.10. The Bertz CT molecular complexity index is 338. The monoisotopic (exact) mass is 361 g/mol. The van der Waals surface area contributed by atoms with Gasteiger partial charge in [-0.25, -0.2) is 0 Å². The summed E-state index contributed by atoms with van der Waals surface area (Å²) in [5, 5.41) is 3.43.